The topological polar surface area (TPSA) is 146 Å². The molecule has 3 amide bonds. The Morgan fingerprint density at radius 2 is 1.67 bits per heavy atom. The van der Waals surface area contributed by atoms with E-state index in [0.717, 1.165) is 32.1 Å². The van der Waals surface area contributed by atoms with Crippen LogP contribution in [0.3, 0.4) is 0 Å². The molecule has 0 heterocycles. The van der Waals surface area contributed by atoms with Crippen molar-refractivity contribution in [2.45, 2.75) is 83.7 Å². The van der Waals surface area contributed by atoms with Crippen molar-refractivity contribution >= 4 is 30.3 Å². The largest absolute Gasteiger partial charge is 0.480 e. The number of carbonyl (C=O) groups is 3. The van der Waals surface area contributed by atoms with Crippen LogP contribution in [0.5, 0.6) is 0 Å². The molecule has 0 aromatic heterocycles. The van der Waals surface area contributed by atoms with Crippen LogP contribution in [0.1, 0.15) is 71.6 Å². The van der Waals surface area contributed by atoms with E-state index in [9.17, 15) is 19.5 Å². The third-order valence-corrected chi connectivity index (χ3v) is 5.27. The lowest BCUT2D eigenvalue weighted by molar-refractivity contribution is -0.139. The Bertz CT molecular complexity index is 515. The van der Waals surface area contributed by atoms with Gasteiger partial charge in [0.25, 0.3) is 5.91 Å². The molecule has 2 unspecified atom stereocenters. The lowest BCUT2D eigenvalue weighted by Gasteiger charge is -2.27. The van der Waals surface area contributed by atoms with E-state index in [0.29, 0.717) is 37.8 Å². The molecule has 10 heteroatoms. The van der Waals surface area contributed by atoms with Gasteiger partial charge in [0.15, 0.2) is 0 Å². The Hall–Kier alpha value is -1.58. The number of hydrazine groups is 1. The van der Waals surface area contributed by atoms with Gasteiger partial charge >= 0.3 is 12.0 Å². The third-order valence-electron chi connectivity index (χ3n) is 5.27. The van der Waals surface area contributed by atoms with Gasteiger partial charge in [-0.3, -0.25) is 10.2 Å². The number of hydrogen-bond acceptors (Lipinski definition) is 5. The number of nitrogens with one attached hydrogen (secondary N) is 4. The van der Waals surface area contributed by atoms with Crippen LogP contribution in [0.15, 0.2) is 0 Å². The van der Waals surface area contributed by atoms with Gasteiger partial charge in [-0.05, 0) is 44.1 Å². The lowest BCUT2D eigenvalue weighted by Crippen LogP contribution is -2.55. The van der Waals surface area contributed by atoms with Crippen molar-refractivity contribution in [3.05, 3.63) is 0 Å². The minimum atomic E-state index is -1.11. The molecule has 176 valence electrons. The maximum absolute atomic E-state index is 12.6. The predicted molar refractivity (Wildman–Crippen MR) is 119 cm³/mol. The SMILES string of the molecule is CC(C)CCNNC(=O)C(CC1CCCCC1)NC(=O)NC(CCCN)C(=O)O.Cl. The molecule has 9 nitrogen and oxygen atoms in total. The van der Waals surface area contributed by atoms with Gasteiger partial charge in [-0.25, -0.2) is 15.0 Å². The van der Waals surface area contributed by atoms with E-state index >= 15 is 0 Å². The van der Waals surface area contributed by atoms with Crippen molar-refractivity contribution in [2.24, 2.45) is 17.6 Å². The van der Waals surface area contributed by atoms with Crippen molar-refractivity contribution in [1.82, 2.24) is 21.5 Å². The quantitative estimate of drug-likeness (QED) is 0.187. The number of hydrogen-bond donors (Lipinski definition) is 6. The van der Waals surface area contributed by atoms with Gasteiger partial charge in [0.05, 0.1) is 0 Å². The van der Waals surface area contributed by atoms with Crippen LogP contribution in [0.2, 0.25) is 0 Å². The number of aliphatic carboxylic acids is 1. The average Bonchev–Trinajstić information content (AvgIpc) is 2.68. The summed E-state index contributed by atoms with van der Waals surface area (Å²) < 4.78 is 0. The van der Waals surface area contributed by atoms with E-state index < -0.39 is 24.1 Å². The first-order valence-corrected chi connectivity index (χ1v) is 10.9. The summed E-state index contributed by atoms with van der Waals surface area (Å²) >= 11 is 0. The smallest absolute Gasteiger partial charge is 0.326 e. The Morgan fingerprint density at radius 3 is 2.23 bits per heavy atom. The highest BCUT2D eigenvalue weighted by Gasteiger charge is 2.27. The van der Waals surface area contributed by atoms with Crippen LogP contribution in [0, 0.1) is 11.8 Å². The maximum atomic E-state index is 12.6. The van der Waals surface area contributed by atoms with Crippen molar-refractivity contribution in [3.63, 3.8) is 0 Å². The second kappa shape index (κ2) is 16.2. The molecule has 0 aromatic carbocycles. The first kappa shape index (κ1) is 28.4. The molecule has 7 N–H and O–H groups in total. The van der Waals surface area contributed by atoms with Crippen LogP contribution >= 0.6 is 12.4 Å². The Balaban J connectivity index is 0.00000841. The summed E-state index contributed by atoms with van der Waals surface area (Å²) in [5.41, 5.74) is 11.0. The van der Waals surface area contributed by atoms with Gasteiger partial charge in [0.2, 0.25) is 0 Å². The Kier molecular flexibility index (Phi) is 15.3. The fraction of sp³-hybridized carbons (Fsp3) is 0.850. The molecular weight excluding hydrogens is 410 g/mol. The molecule has 0 spiro atoms. The highest BCUT2D eigenvalue weighted by atomic mass is 35.5. The molecule has 1 fully saturated rings. The van der Waals surface area contributed by atoms with Gasteiger partial charge < -0.3 is 21.5 Å². The number of rotatable bonds is 13. The van der Waals surface area contributed by atoms with E-state index in [2.05, 4.69) is 35.3 Å². The number of halogens is 1. The first-order valence-electron chi connectivity index (χ1n) is 10.9. The van der Waals surface area contributed by atoms with E-state index in [1.165, 1.54) is 6.42 Å². The monoisotopic (exact) mass is 449 g/mol. The Morgan fingerprint density at radius 1 is 1.03 bits per heavy atom. The number of nitrogens with two attached hydrogens (primary N) is 1. The molecule has 0 aliphatic heterocycles. The van der Waals surface area contributed by atoms with Crippen molar-refractivity contribution in [1.29, 1.82) is 0 Å². The molecule has 1 aliphatic rings. The van der Waals surface area contributed by atoms with Crippen LogP contribution in [0.25, 0.3) is 0 Å². The zero-order chi connectivity index (χ0) is 21.6. The van der Waals surface area contributed by atoms with Gasteiger partial charge in [0, 0.05) is 6.54 Å². The lowest BCUT2D eigenvalue weighted by atomic mass is 9.84. The second-order valence-corrected chi connectivity index (χ2v) is 8.33. The van der Waals surface area contributed by atoms with Gasteiger partial charge in [-0.1, -0.05) is 46.0 Å². The third kappa shape index (κ3) is 12.2. The molecule has 0 aromatic rings. The van der Waals surface area contributed by atoms with Crippen LogP contribution in [-0.2, 0) is 9.59 Å². The molecule has 0 bridgehead atoms. The van der Waals surface area contributed by atoms with E-state index in [-0.39, 0.29) is 24.7 Å². The number of amides is 3. The fourth-order valence-electron chi connectivity index (χ4n) is 3.52. The minimum absolute atomic E-state index is 0. The Labute approximate surface area is 186 Å². The minimum Gasteiger partial charge on any atom is -0.480 e. The zero-order valence-corrected chi connectivity index (χ0v) is 19.1. The van der Waals surface area contributed by atoms with Crippen LogP contribution in [-0.4, -0.2) is 48.2 Å². The summed E-state index contributed by atoms with van der Waals surface area (Å²) in [7, 11) is 0. The zero-order valence-electron chi connectivity index (χ0n) is 18.2. The average molecular weight is 450 g/mol. The highest BCUT2D eigenvalue weighted by Crippen LogP contribution is 2.27. The number of urea groups is 1. The maximum Gasteiger partial charge on any atom is 0.326 e. The number of carboxylic acid groups (broad SMARTS) is 1. The van der Waals surface area contributed by atoms with Gasteiger partial charge in [0.1, 0.15) is 12.1 Å². The van der Waals surface area contributed by atoms with Crippen LogP contribution < -0.4 is 27.2 Å². The summed E-state index contributed by atoms with van der Waals surface area (Å²) in [6.45, 7) is 5.20. The first-order chi connectivity index (χ1) is 13.8. The van der Waals surface area contributed by atoms with E-state index in [4.69, 9.17) is 5.73 Å². The standard InChI is InChI=1S/C20H39N5O4.ClH/c1-14(2)10-12-22-25-18(26)17(13-15-7-4-3-5-8-15)24-20(29)23-16(19(27)28)9-6-11-21;/h14-17,22H,3-13,21H2,1-2H3,(H,25,26)(H,27,28)(H2,23,24,29);1H. The normalized spacial score (nSPS) is 16.3. The molecule has 0 saturated heterocycles. The van der Waals surface area contributed by atoms with Crippen molar-refractivity contribution < 1.29 is 19.5 Å². The number of carbonyl (C=O) groups excluding carboxylic acids is 2. The molecule has 1 rings (SSSR count). The summed E-state index contributed by atoms with van der Waals surface area (Å²) in [5, 5.41) is 14.4. The van der Waals surface area contributed by atoms with Gasteiger partial charge in [-0.15, -0.1) is 12.4 Å². The van der Waals surface area contributed by atoms with Gasteiger partial charge in [-0.2, -0.15) is 0 Å². The van der Waals surface area contributed by atoms with E-state index in [1.54, 1.807) is 0 Å². The molecular formula is C20H40ClN5O4. The molecule has 0 radical (unpaired) electrons. The van der Waals surface area contributed by atoms with Crippen molar-refractivity contribution in [3.8, 4) is 0 Å². The van der Waals surface area contributed by atoms with Crippen molar-refractivity contribution in [2.75, 3.05) is 13.1 Å². The summed E-state index contributed by atoms with van der Waals surface area (Å²) in [6, 6.07) is -2.39. The molecule has 30 heavy (non-hydrogen) atoms. The summed E-state index contributed by atoms with van der Waals surface area (Å²) in [5.74, 6) is -0.522. The molecule has 1 aliphatic carbocycles. The van der Waals surface area contributed by atoms with E-state index in [1.807, 2.05) is 0 Å². The highest BCUT2D eigenvalue weighted by molar-refractivity contribution is 5.88. The summed E-state index contributed by atoms with van der Waals surface area (Å²) in [6.07, 6.45) is 7.77. The fourth-order valence-corrected chi connectivity index (χ4v) is 3.52. The van der Waals surface area contributed by atoms with Crippen LogP contribution in [0.4, 0.5) is 4.79 Å². The molecule has 2 atom stereocenters. The predicted octanol–water partition coefficient (Wildman–Crippen LogP) is 1.91. The second-order valence-electron chi connectivity index (χ2n) is 8.33. The molecule has 1 saturated carbocycles. The summed E-state index contributed by atoms with van der Waals surface area (Å²) in [4.78, 5) is 36.4. The number of carboxylic acids is 1.